The SMILES string of the molecule is Nc1ccc(-c2ncc3c(n2)CCN(Cc2ccc([N+](=O)[O-])cc2[N+](=O)[O-])C3)cc1. The quantitative estimate of drug-likeness (QED) is 0.387. The Morgan fingerprint density at radius 1 is 1.07 bits per heavy atom. The summed E-state index contributed by atoms with van der Waals surface area (Å²) >= 11 is 0. The Morgan fingerprint density at radius 3 is 2.53 bits per heavy atom. The van der Waals surface area contributed by atoms with Crippen LogP contribution in [0.25, 0.3) is 11.4 Å². The first-order chi connectivity index (χ1) is 14.4. The highest BCUT2D eigenvalue weighted by molar-refractivity contribution is 5.59. The van der Waals surface area contributed by atoms with E-state index < -0.39 is 9.85 Å². The number of non-ortho nitro benzene ring substituents is 1. The van der Waals surface area contributed by atoms with Gasteiger partial charge in [-0.1, -0.05) is 0 Å². The molecule has 1 aliphatic heterocycles. The second kappa shape index (κ2) is 7.84. The highest BCUT2D eigenvalue weighted by Crippen LogP contribution is 2.28. The first kappa shape index (κ1) is 19.4. The van der Waals surface area contributed by atoms with E-state index in [-0.39, 0.29) is 11.4 Å². The van der Waals surface area contributed by atoms with Crippen LogP contribution < -0.4 is 5.73 Å². The number of nitrogen functional groups attached to an aromatic ring is 1. The second-order valence-corrected chi connectivity index (χ2v) is 7.08. The van der Waals surface area contributed by atoms with Crippen LogP contribution in [0.1, 0.15) is 16.8 Å². The summed E-state index contributed by atoms with van der Waals surface area (Å²) in [5, 5.41) is 22.3. The molecular weight excluding hydrogens is 388 g/mol. The highest BCUT2D eigenvalue weighted by Gasteiger charge is 2.24. The average molecular weight is 406 g/mol. The van der Waals surface area contributed by atoms with E-state index in [1.54, 1.807) is 18.3 Å². The second-order valence-electron chi connectivity index (χ2n) is 7.08. The number of fused-ring (bicyclic) bond motifs is 1. The minimum Gasteiger partial charge on any atom is -0.399 e. The molecular formula is C20H18N6O4. The molecule has 0 bridgehead atoms. The van der Waals surface area contributed by atoms with Crippen molar-refractivity contribution in [2.45, 2.75) is 19.5 Å². The van der Waals surface area contributed by atoms with Crippen LogP contribution in [0.3, 0.4) is 0 Å². The van der Waals surface area contributed by atoms with Gasteiger partial charge in [-0.15, -0.1) is 0 Å². The smallest absolute Gasteiger partial charge is 0.280 e. The molecule has 0 amide bonds. The predicted octanol–water partition coefficient (Wildman–Crippen LogP) is 3.10. The Hall–Kier alpha value is -3.92. The van der Waals surface area contributed by atoms with Crippen LogP contribution in [0.5, 0.6) is 0 Å². The molecule has 0 spiro atoms. The van der Waals surface area contributed by atoms with Crippen LogP contribution in [0.2, 0.25) is 0 Å². The lowest BCUT2D eigenvalue weighted by Crippen LogP contribution is -2.31. The summed E-state index contributed by atoms with van der Waals surface area (Å²) in [5.41, 5.74) is 9.10. The number of nitro groups is 2. The molecule has 10 nitrogen and oxygen atoms in total. The van der Waals surface area contributed by atoms with Crippen molar-refractivity contribution < 1.29 is 9.85 Å². The van der Waals surface area contributed by atoms with Gasteiger partial charge in [0.05, 0.1) is 21.6 Å². The number of benzene rings is 2. The summed E-state index contributed by atoms with van der Waals surface area (Å²) in [5.74, 6) is 0.633. The molecule has 0 saturated heterocycles. The summed E-state index contributed by atoms with van der Waals surface area (Å²) in [6.07, 6.45) is 2.46. The van der Waals surface area contributed by atoms with Gasteiger partial charge in [0.2, 0.25) is 0 Å². The lowest BCUT2D eigenvalue weighted by Gasteiger charge is -2.28. The van der Waals surface area contributed by atoms with Crippen molar-refractivity contribution in [1.29, 1.82) is 0 Å². The van der Waals surface area contributed by atoms with Crippen LogP contribution in [-0.2, 0) is 19.5 Å². The van der Waals surface area contributed by atoms with Crippen LogP contribution in [0, 0.1) is 20.2 Å². The van der Waals surface area contributed by atoms with E-state index in [4.69, 9.17) is 5.73 Å². The molecule has 30 heavy (non-hydrogen) atoms. The molecule has 3 aromatic rings. The standard InChI is InChI=1S/C20H18N6O4/c21-16-4-1-13(2-5-16)20-22-10-15-12-24(8-7-18(15)23-20)11-14-3-6-17(25(27)28)9-19(14)26(29)30/h1-6,9-10H,7-8,11-12,21H2. The number of hydrogen-bond acceptors (Lipinski definition) is 8. The van der Waals surface area contributed by atoms with Gasteiger partial charge in [-0.25, -0.2) is 9.97 Å². The summed E-state index contributed by atoms with van der Waals surface area (Å²) in [6.45, 7) is 1.53. The van der Waals surface area contributed by atoms with Crippen molar-refractivity contribution in [3.63, 3.8) is 0 Å². The highest BCUT2D eigenvalue weighted by atomic mass is 16.6. The Balaban J connectivity index is 1.53. The van der Waals surface area contributed by atoms with Crippen molar-refractivity contribution >= 4 is 17.1 Å². The van der Waals surface area contributed by atoms with Crippen molar-refractivity contribution in [2.75, 3.05) is 12.3 Å². The fourth-order valence-corrected chi connectivity index (χ4v) is 3.49. The topological polar surface area (TPSA) is 141 Å². The molecule has 0 fully saturated rings. The summed E-state index contributed by atoms with van der Waals surface area (Å²) in [4.78, 5) is 32.2. The maximum Gasteiger partial charge on any atom is 0.280 e. The molecule has 2 N–H and O–H groups in total. The van der Waals surface area contributed by atoms with Gasteiger partial charge >= 0.3 is 0 Å². The lowest BCUT2D eigenvalue weighted by molar-refractivity contribution is -0.394. The normalized spacial score (nSPS) is 13.6. The van der Waals surface area contributed by atoms with Gasteiger partial charge in [0.25, 0.3) is 11.4 Å². The molecule has 10 heteroatoms. The Labute approximate surface area is 171 Å². The first-order valence-corrected chi connectivity index (χ1v) is 9.25. The van der Waals surface area contributed by atoms with Gasteiger partial charge in [-0.05, 0) is 30.3 Å². The maximum atomic E-state index is 11.4. The largest absolute Gasteiger partial charge is 0.399 e. The van der Waals surface area contributed by atoms with Crippen molar-refractivity contribution in [3.05, 3.63) is 85.7 Å². The van der Waals surface area contributed by atoms with Crippen molar-refractivity contribution in [1.82, 2.24) is 14.9 Å². The molecule has 2 heterocycles. The first-order valence-electron chi connectivity index (χ1n) is 9.25. The van der Waals surface area contributed by atoms with E-state index in [0.29, 0.717) is 43.1 Å². The zero-order valence-electron chi connectivity index (χ0n) is 15.9. The summed E-state index contributed by atoms with van der Waals surface area (Å²) in [6, 6.07) is 11.1. The van der Waals surface area contributed by atoms with Crippen LogP contribution in [-0.4, -0.2) is 31.3 Å². The minimum atomic E-state index is -0.635. The predicted molar refractivity (Wildman–Crippen MR) is 109 cm³/mol. The van der Waals surface area contributed by atoms with E-state index in [1.165, 1.54) is 12.1 Å². The van der Waals surface area contributed by atoms with Gasteiger partial charge < -0.3 is 5.73 Å². The molecule has 1 aromatic heterocycles. The monoisotopic (exact) mass is 406 g/mol. The fraction of sp³-hybridized carbons (Fsp3) is 0.200. The van der Waals surface area contributed by atoms with Crippen LogP contribution in [0.15, 0.2) is 48.7 Å². The molecule has 0 aliphatic carbocycles. The van der Waals surface area contributed by atoms with Crippen LogP contribution in [0.4, 0.5) is 17.1 Å². The summed E-state index contributed by atoms with van der Waals surface area (Å²) in [7, 11) is 0. The third-order valence-electron chi connectivity index (χ3n) is 5.05. The molecule has 4 rings (SSSR count). The maximum absolute atomic E-state index is 11.4. The van der Waals surface area contributed by atoms with Crippen molar-refractivity contribution in [3.8, 4) is 11.4 Å². The Kier molecular flexibility index (Phi) is 5.07. The van der Waals surface area contributed by atoms with Gasteiger partial charge in [0.15, 0.2) is 5.82 Å². The van der Waals surface area contributed by atoms with E-state index in [1.807, 2.05) is 17.0 Å². The number of nitrogens with zero attached hydrogens (tertiary/aromatic N) is 5. The third kappa shape index (κ3) is 3.94. The van der Waals surface area contributed by atoms with E-state index >= 15 is 0 Å². The number of nitrogens with two attached hydrogens (primary N) is 1. The molecule has 1 aliphatic rings. The third-order valence-corrected chi connectivity index (χ3v) is 5.05. The molecule has 152 valence electrons. The van der Waals surface area contributed by atoms with Gasteiger partial charge in [-0.2, -0.15) is 0 Å². The molecule has 0 unspecified atom stereocenters. The van der Waals surface area contributed by atoms with Crippen LogP contribution >= 0.6 is 0 Å². The molecule has 2 aromatic carbocycles. The van der Waals surface area contributed by atoms with E-state index in [0.717, 1.165) is 22.9 Å². The Morgan fingerprint density at radius 2 is 1.83 bits per heavy atom. The Bertz CT molecular complexity index is 1130. The number of anilines is 1. The van der Waals surface area contributed by atoms with Gasteiger partial charge in [0, 0.05) is 60.7 Å². The van der Waals surface area contributed by atoms with E-state index in [2.05, 4.69) is 9.97 Å². The number of hydrogen-bond donors (Lipinski definition) is 1. The number of aromatic nitrogens is 2. The number of rotatable bonds is 5. The number of nitro benzene ring substituents is 2. The zero-order valence-corrected chi connectivity index (χ0v) is 15.9. The zero-order chi connectivity index (χ0) is 21.3. The minimum absolute atomic E-state index is 0.245. The molecule has 0 atom stereocenters. The van der Waals surface area contributed by atoms with Crippen molar-refractivity contribution in [2.24, 2.45) is 0 Å². The lowest BCUT2D eigenvalue weighted by atomic mass is 10.0. The summed E-state index contributed by atoms with van der Waals surface area (Å²) < 4.78 is 0. The van der Waals surface area contributed by atoms with Gasteiger partial charge in [0.1, 0.15) is 0 Å². The molecule has 0 saturated carbocycles. The van der Waals surface area contributed by atoms with Gasteiger partial charge in [-0.3, -0.25) is 25.1 Å². The average Bonchev–Trinajstić information content (AvgIpc) is 2.74. The fourth-order valence-electron chi connectivity index (χ4n) is 3.49. The molecule has 0 radical (unpaired) electrons. The van der Waals surface area contributed by atoms with E-state index in [9.17, 15) is 20.2 Å².